The molecule has 9 heteroatoms. The van der Waals surface area contributed by atoms with Gasteiger partial charge in [-0.1, -0.05) is 12.1 Å². The number of piperidine rings is 1. The molecule has 0 radical (unpaired) electrons. The molecule has 0 amide bonds. The Kier molecular flexibility index (Phi) is 5.53. The van der Waals surface area contributed by atoms with E-state index in [0.717, 1.165) is 25.1 Å². The van der Waals surface area contributed by atoms with E-state index in [4.69, 9.17) is 11.7 Å². The maximum Gasteiger partial charge on any atom is 0.249 e. The number of hydrazone groups is 1. The van der Waals surface area contributed by atoms with Gasteiger partial charge in [0.2, 0.25) is 5.92 Å². The topological polar surface area (TPSA) is 108 Å². The van der Waals surface area contributed by atoms with Gasteiger partial charge in [-0.05, 0) is 84.9 Å². The Hall–Kier alpha value is -3.04. The second-order valence-electron chi connectivity index (χ2n) is 11.1. The molecule has 6 rings (SSSR count). The summed E-state index contributed by atoms with van der Waals surface area (Å²) in [6.45, 7) is 3.74. The highest BCUT2D eigenvalue weighted by atomic mass is 19.3. The molecule has 1 spiro atoms. The summed E-state index contributed by atoms with van der Waals surface area (Å²) in [5.41, 5.74) is 8.99. The van der Waals surface area contributed by atoms with Crippen LogP contribution in [-0.4, -0.2) is 33.2 Å². The molecule has 0 bridgehead atoms. The van der Waals surface area contributed by atoms with Crippen molar-refractivity contribution in [1.29, 1.82) is 0 Å². The van der Waals surface area contributed by atoms with Gasteiger partial charge in [-0.3, -0.25) is 9.88 Å². The molecule has 0 unspecified atom stereocenters. The molecule has 6 N–H and O–H groups in total. The van der Waals surface area contributed by atoms with E-state index in [-0.39, 0.29) is 24.3 Å². The van der Waals surface area contributed by atoms with Gasteiger partial charge in [0.05, 0.1) is 0 Å². The van der Waals surface area contributed by atoms with Crippen molar-refractivity contribution in [2.75, 3.05) is 6.54 Å². The van der Waals surface area contributed by atoms with Crippen LogP contribution in [0.5, 0.6) is 0 Å². The molecule has 3 heterocycles. The van der Waals surface area contributed by atoms with Crippen LogP contribution in [0.4, 0.5) is 8.78 Å². The quantitative estimate of drug-likeness (QED) is 0.180. The number of hydrogen-bond acceptors (Lipinski definition) is 5. The minimum Gasteiger partial charge on any atom is -0.361 e. The van der Waals surface area contributed by atoms with Crippen molar-refractivity contribution in [3.63, 3.8) is 0 Å². The number of aromatic nitrogens is 2. The number of H-pyrrole nitrogens is 1. The molecule has 2 aromatic heterocycles. The fourth-order valence-electron chi connectivity index (χ4n) is 6.62. The number of amidine groups is 1. The Morgan fingerprint density at radius 2 is 2.08 bits per heavy atom. The first-order valence-electron chi connectivity index (χ1n) is 12.7. The Labute approximate surface area is 209 Å². The summed E-state index contributed by atoms with van der Waals surface area (Å²) in [7, 11) is 0. The fraction of sp³-hybridized carbons (Fsp3) is 0.481. The first-order valence-corrected chi connectivity index (χ1v) is 12.7. The summed E-state index contributed by atoms with van der Waals surface area (Å²) >= 11 is 0. The Morgan fingerprint density at radius 1 is 1.28 bits per heavy atom. The first kappa shape index (κ1) is 23.4. The fourth-order valence-corrected chi connectivity index (χ4v) is 6.62. The predicted octanol–water partition coefficient (Wildman–Crippen LogP) is 4.58. The highest BCUT2D eigenvalue weighted by molar-refractivity contribution is 5.96. The molecule has 3 fully saturated rings. The number of benzene rings is 1. The number of fused-ring (bicyclic) bond motifs is 1. The predicted molar refractivity (Wildman–Crippen MR) is 136 cm³/mol. The number of nitrogens with zero attached hydrogens (tertiary/aromatic N) is 3. The zero-order chi connectivity index (χ0) is 25.1. The first-order chi connectivity index (χ1) is 17.3. The lowest BCUT2D eigenvalue weighted by Crippen LogP contribution is -2.53. The van der Waals surface area contributed by atoms with E-state index in [1.165, 1.54) is 40.4 Å². The minimum atomic E-state index is -2.54. The van der Waals surface area contributed by atoms with Crippen LogP contribution in [0.15, 0.2) is 41.8 Å². The SMILES string of the molecule is Cc1cc(C2CC2)c(CN2CCC3(C[C@H]2c2ccc(/C(=N/N)NN)nc2)CC(F)(F)C3)c2cc[nH]c12. The van der Waals surface area contributed by atoms with Crippen molar-refractivity contribution in [1.82, 2.24) is 20.3 Å². The van der Waals surface area contributed by atoms with Gasteiger partial charge in [-0.15, -0.1) is 0 Å². The number of likely N-dealkylation sites (tertiary alicyclic amines) is 1. The average Bonchev–Trinajstić information content (AvgIpc) is 3.57. The molecule has 2 aliphatic carbocycles. The van der Waals surface area contributed by atoms with E-state index in [9.17, 15) is 8.78 Å². The van der Waals surface area contributed by atoms with Gasteiger partial charge >= 0.3 is 0 Å². The molecule has 1 aromatic carbocycles. The van der Waals surface area contributed by atoms with Crippen LogP contribution in [0.2, 0.25) is 0 Å². The minimum absolute atomic E-state index is 0.00264. The third kappa shape index (κ3) is 4.04. The van der Waals surface area contributed by atoms with Crippen molar-refractivity contribution in [3.05, 3.63) is 64.6 Å². The smallest absolute Gasteiger partial charge is 0.249 e. The van der Waals surface area contributed by atoms with Gasteiger partial charge in [0.25, 0.3) is 0 Å². The zero-order valence-electron chi connectivity index (χ0n) is 20.5. The lowest BCUT2D eigenvalue weighted by atomic mass is 9.59. The Bertz CT molecular complexity index is 1300. The second-order valence-corrected chi connectivity index (χ2v) is 11.1. The Balaban J connectivity index is 1.36. The summed E-state index contributed by atoms with van der Waals surface area (Å²) in [5, 5.41) is 4.91. The van der Waals surface area contributed by atoms with Gasteiger partial charge in [0.1, 0.15) is 5.69 Å². The third-order valence-electron chi connectivity index (χ3n) is 8.51. The van der Waals surface area contributed by atoms with Crippen molar-refractivity contribution in [2.45, 2.75) is 69.9 Å². The molecule has 36 heavy (non-hydrogen) atoms. The Morgan fingerprint density at radius 3 is 2.72 bits per heavy atom. The standard InChI is InChI=1S/C27H33F2N7/c1-16-10-20(17-2-3-17)21(19-6-8-32-24(16)19)13-36-9-7-26(14-27(28,29)15-26)11-23(36)18-4-5-22(33-12-18)25(34-30)35-31/h4-6,8,10,12,17,23,32H,2-3,7,9,11,13-15,30-31H2,1H3,(H,34,35)/t23-/m0/s1. The lowest BCUT2D eigenvalue weighted by Gasteiger charge is -2.54. The summed E-state index contributed by atoms with van der Waals surface area (Å²) in [5.74, 6) is 9.28. The molecule has 1 saturated heterocycles. The van der Waals surface area contributed by atoms with Crippen molar-refractivity contribution < 1.29 is 8.78 Å². The van der Waals surface area contributed by atoms with Crippen LogP contribution in [0.25, 0.3) is 10.9 Å². The van der Waals surface area contributed by atoms with E-state index in [2.05, 4.69) is 44.5 Å². The van der Waals surface area contributed by atoms with Crippen LogP contribution >= 0.6 is 0 Å². The summed E-state index contributed by atoms with van der Waals surface area (Å²) in [6, 6.07) is 8.37. The number of aryl methyl sites for hydroxylation is 1. The van der Waals surface area contributed by atoms with E-state index >= 15 is 0 Å². The molecule has 7 nitrogen and oxygen atoms in total. The van der Waals surface area contributed by atoms with Gasteiger partial charge in [-0.2, -0.15) is 5.10 Å². The van der Waals surface area contributed by atoms with E-state index in [1.807, 2.05) is 24.5 Å². The van der Waals surface area contributed by atoms with Gasteiger partial charge in [-0.25, -0.2) is 14.6 Å². The van der Waals surface area contributed by atoms with Crippen LogP contribution in [0, 0.1) is 12.3 Å². The summed E-state index contributed by atoms with van der Waals surface area (Å²) in [6.07, 6.45) is 7.76. The lowest BCUT2D eigenvalue weighted by molar-refractivity contribution is -0.186. The molecular formula is C27H33F2N7. The highest BCUT2D eigenvalue weighted by Gasteiger charge is 2.58. The molecular weight excluding hydrogens is 460 g/mol. The number of hydrogen-bond donors (Lipinski definition) is 4. The van der Waals surface area contributed by atoms with Crippen LogP contribution in [0.3, 0.4) is 0 Å². The number of hydrazine groups is 1. The second kappa shape index (κ2) is 8.52. The summed E-state index contributed by atoms with van der Waals surface area (Å²) < 4.78 is 28.0. The number of nitrogens with two attached hydrogens (primary N) is 2. The van der Waals surface area contributed by atoms with Gasteiger partial charge in [0, 0.05) is 48.7 Å². The van der Waals surface area contributed by atoms with Crippen LogP contribution in [-0.2, 0) is 6.54 Å². The van der Waals surface area contributed by atoms with Crippen molar-refractivity contribution in [3.8, 4) is 0 Å². The number of rotatable bonds is 5. The van der Waals surface area contributed by atoms with Crippen molar-refractivity contribution >= 4 is 16.7 Å². The normalized spacial score (nSPS) is 23.7. The highest BCUT2D eigenvalue weighted by Crippen LogP contribution is 2.60. The van der Waals surface area contributed by atoms with Crippen LogP contribution in [0.1, 0.15) is 78.4 Å². The van der Waals surface area contributed by atoms with E-state index in [1.54, 1.807) is 0 Å². The monoisotopic (exact) mass is 493 g/mol. The number of alkyl halides is 2. The van der Waals surface area contributed by atoms with E-state index in [0.29, 0.717) is 23.9 Å². The number of pyridine rings is 1. The van der Waals surface area contributed by atoms with Gasteiger partial charge in [0.15, 0.2) is 5.84 Å². The molecule has 1 atom stereocenters. The summed E-state index contributed by atoms with van der Waals surface area (Å²) in [4.78, 5) is 10.4. The molecule has 2 saturated carbocycles. The van der Waals surface area contributed by atoms with Gasteiger partial charge < -0.3 is 16.3 Å². The van der Waals surface area contributed by atoms with Crippen molar-refractivity contribution in [2.24, 2.45) is 22.2 Å². The number of halogens is 2. The molecule has 190 valence electrons. The number of aromatic amines is 1. The molecule has 3 aromatic rings. The van der Waals surface area contributed by atoms with Crippen LogP contribution < -0.4 is 17.1 Å². The number of nitrogens with one attached hydrogen (secondary N) is 2. The largest absolute Gasteiger partial charge is 0.361 e. The molecule has 3 aliphatic rings. The van der Waals surface area contributed by atoms with E-state index < -0.39 is 5.92 Å². The zero-order valence-corrected chi connectivity index (χ0v) is 20.5. The maximum atomic E-state index is 14.0. The average molecular weight is 494 g/mol. The maximum absolute atomic E-state index is 14.0. The molecule has 1 aliphatic heterocycles. The third-order valence-corrected chi connectivity index (χ3v) is 8.51.